The summed E-state index contributed by atoms with van der Waals surface area (Å²) in [6, 6.07) is 3.38. The summed E-state index contributed by atoms with van der Waals surface area (Å²) in [5.41, 5.74) is -1.22. The zero-order chi connectivity index (χ0) is 14.8. The smallest absolute Gasteiger partial charge is 0.311 e. The highest BCUT2D eigenvalue weighted by molar-refractivity contribution is 5.81. The Bertz CT molecular complexity index is 521. The molecular weight excluding hydrogens is 268 g/mol. The van der Waals surface area contributed by atoms with Gasteiger partial charge in [0.1, 0.15) is 11.6 Å². The molecule has 0 heterocycles. The molecule has 1 fully saturated rings. The molecule has 1 aromatic carbocycles. The summed E-state index contributed by atoms with van der Waals surface area (Å²) >= 11 is 0. The van der Waals surface area contributed by atoms with Crippen molar-refractivity contribution >= 4 is 11.9 Å². The van der Waals surface area contributed by atoms with Crippen LogP contribution in [0.15, 0.2) is 18.2 Å². The van der Waals surface area contributed by atoms with Crippen molar-refractivity contribution in [3.05, 3.63) is 35.4 Å². The molecule has 2 rings (SSSR count). The zero-order valence-electron chi connectivity index (χ0n) is 10.8. The summed E-state index contributed by atoms with van der Waals surface area (Å²) in [6.45, 7) is -0.00274. The molecule has 1 saturated carbocycles. The van der Waals surface area contributed by atoms with E-state index in [1.807, 2.05) is 0 Å². The Morgan fingerprint density at radius 1 is 1.25 bits per heavy atom. The summed E-state index contributed by atoms with van der Waals surface area (Å²) in [7, 11) is 0. The van der Waals surface area contributed by atoms with E-state index in [4.69, 9.17) is 5.11 Å². The topological polar surface area (TPSA) is 66.4 Å². The molecule has 20 heavy (non-hydrogen) atoms. The average molecular weight is 283 g/mol. The minimum absolute atomic E-state index is 0.00274. The maximum Gasteiger partial charge on any atom is 0.311 e. The SMILES string of the molecule is O=C(Cc1c(F)cccc1F)NCC1(C(=O)O)CCC1. The van der Waals surface area contributed by atoms with Gasteiger partial charge in [-0.3, -0.25) is 9.59 Å². The van der Waals surface area contributed by atoms with Crippen molar-refractivity contribution in [1.29, 1.82) is 0 Å². The molecule has 0 radical (unpaired) electrons. The molecule has 0 aliphatic heterocycles. The number of carboxylic acids is 1. The molecule has 1 amide bonds. The van der Waals surface area contributed by atoms with Crippen LogP contribution in [0.2, 0.25) is 0 Å². The second kappa shape index (κ2) is 5.56. The lowest BCUT2D eigenvalue weighted by atomic mass is 9.69. The number of nitrogens with one attached hydrogen (secondary N) is 1. The maximum absolute atomic E-state index is 13.4. The van der Waals surface area contributed by atoms with Gasteiger partial charge in [0.05, 0.1) is 11.8 Å². The van der Waals surface area contributed by atoms with E-state index in [1.165, 1.54) is 6.07 Å². The molecular formula is C14H15F2NO3. The summed E-state index contributed by atoms with van der Waals surface area (Å²) < 4.78 is 26.8. The number of amides is 1. The summed E-state index contributed by atoms with van der Waals surface area (Å²) in [4.78, 5) is 22.8. The lowest BCUT2D eigenvalue weighted by Gasteiger charge is -2.37. The van der Waals surface area contributed by atoms with Gasteiger partial charge in [-0.25, -0.2) is 8.78 Å². The third-order valence-electron chi connectivity index (χ3n) is 3.79. The van der Waals surface area contributed by atoms with Gasteiger partial charge in [-0.15, -0.1) is 0 Å². The number of carboxylic acid groups (broad SMARTS) is 1. The first-order valence-electron chi connectivity index (χ1n) is 6.38. The van der Waals surface area contributed by atoms with Crippen molar-refractivity contribution in [3.8, 4) is 0 Å². The molecule has 1 aliphatic rings. The van der Waals surface area contributed by atoms with Crippen LogP contribution in [0.25, 0.3) is 0 Å². The molecule has 1 aliphatic carbocycles. The standard InChI is InChI=1S/C14H15F2NO3/c15-10-3-1-4-11(16)9(10)7-12(18)17-8-14(13(19)20)5-2-6-14/h1,3-4H,2,5-8H2,(H,17,18)(H,19,20). The fourth-order valence-electron chi connectivity index (χ4n) is 2.26. The van der Waals surface area contributed by atoms with E-state index in [9.17, 15) is 18.4 Å². The van der Waals surface area contributed by atoms with Gasteiger partial charge in [0.2, 0.25) is 5.91 Å². The first kappa shape index (κ1) is 14.4. The Balaban J connectivity index is 1.95. The van der Waals surface area contributed by atoms with Crippen LogP contribution in [0.1, 0.15) is 24.8 Å². The van der Waals surface area contributed by atoms with Crippen molar-refractivity contribution in [2.75, 3.05) is 6.54 Å². The Morgan fingerprint density at radius 2 is 1.85 bits per heavy atom. The molecule has 2 N–H and O–H groups in total. The van der Waals surface area contributed by atoms with Crippen molar-refractivity contribution < 1.29 is 23.5 Å². The van der Waals surface area contributed by atoms with Crippen LogP contribution in [0.3, 0.4) is 0 Å². The minimum Gasteiger partial charge on any atom is -0.481 e. The Morgan fingerprint density at radius 3 is 2.30 bits per heavy atom. The van der Waals surface area contributed by atoms with Gasteiger partial charge < -0.3 is 10.4 Å². The number of aliphatic carboxylic acids is 1. The van der Waals surface area contributed by atoms with Crippen LogP contribution in [-0.4, -0.2) is 23.5 Å². The van der Waals surface area contributed by atoms with Crippen LogP contribution in [-0.2, 0) is 16.0 Å². The zero-order valence-corrected chi connectivity index (χ0v) is 10.8. The second-order valence-corrected chi connectivity index (χ2v) is 5.09. The van der Waals surface area contributed by atoms with E-state index < -0.39 is 35.3 Å². The molecule has 0 bridgehead atoms. The second-order valence-electron chi connectivity index (χ2n) is 5.09. The van der Waals surface area contributed by atoms with Crippen LogP contribution >= 0.6 is 0 Å². The number of rotatable bonds is 5. The van der Waals surface area contributed by atoms with Gasteiger partial charge in [-0.1, -0.05) is 12.5 Å². The van der Waals surface area contributed by atoms with Crippen LogP contribution < -0.4 is 5.32 Å². The van der Waals surface area contributed by atoms with Crippen molar-refractivity contribution in [2.24, 2.45) is 5.41 Å². The molecule has 6 heteroatoms. The molecule has 0 spiro atoms. The fourth-order valence-corrected chi connectivity index (χ4v) is 2.26. The van der Waals surface area contributed by atoms with Gasteiger partial charge in [0.25, 0.3) is 0 Å². The highest BCUT2D eigenvalue weighted by Gasteiger charge is 2.44. The van der Waals surface area contributed by atoms with Crippen molar-refractivity contribution in [1.82, 2.24) is 5.32 Å². The van der Waals surface area contributed by atoms with Gasteiger partial charge in [-0.2, -0.15) is 0 Å². The number of carbonyl (C=O) groups is 2. The van der Waals surface area contributed by atoms with Crippen LogP contribution in [0.4, 0.5) is 8.78 Å². The molecule has 0 unspecified atom stereocenters. The molecule has 0 atom stereocenters. The van der Waals surface area contributed by atoms with Gasteiger partial charge in [0, 0.05) is 12.1 Å². The lowest BCUT2D eigenvalue weighted by molar-refractivity contribution is -0.154. The Hall–Kier alpha value is -1.98. The van der Waals surface area contributed by atoms with Crippen molar-refractivity contribution in [2.45, 2.75) is 25.7 Å². The summed E-state index contributed by atoms with van der Waals surface area (Å²) in [5, 5.41) is 11.6. The number of hydrogen-bond donors (Lipinski definition) is 2. The predicted octanol–water partition coefficient (Wildman–Crippen LogP) is 1.88. The first-order valence-corrected chi connectivity index (χ1v) is 6.38. The number of benzene rings is 1. The van der Waals surface area contributed by atoms with E-state index in [0.29, 0.717) is 12.8 Å². The Labute approximate surface area is 114 Å². The third kappa shape index (κ3) is 2.79. The molecule has 0 aromatic heterocycles. The largest absolute Gasteiger partial charge is 0.481 e. The van der Waals surface area contributed by atoms with E-state index >= 15 is 0 Å². The monoisotopic (exact) mass is 283 g/mol. The normalized spacial score (nSPS) is 16.3. The van der Waals surface area contributed by atoms with E-state index in [0.717, 1.165) is 18.6 Å². The lowest BCUT2D eigenvalue weighted by Crippen LogP contribution is -2.47. The summed E-state index contributed by atoms with van der Waals surface area (Å²) in [5.74, 6) is -3.09. The van der Waals surface area contributed by atoms with Crippen LogP contribution in [0.5, 0.6) is 0 Å². The molecule has 4 nitrogen and oxygen atoms in total. The van der Waals surface area contributed by atoms with E-state index in [1.54, 1.807) is 0 Å². The van der Waals surface area contributed by atoms with Gasteiger partial charge in [0.15, 0.2) is 0 Å². The van der Waals surface area contributed by atoms with E-state index in [-0.39, 0.29) is 12.1 Å². The van der Waals surface area contributed by atoms with Crippen LogP contribution in [0, 0.1) is 17.0 Å². The predicted molar refractivity (Wildman–Crippen MR) is 67.0 cm³/mol. The van der Waals surface area contributed by atoms with E-state index in [2.05, 4.69) is 5.32 Å². The first-order chi connectivity index (χ1) is 9.44. The minimum atomic E-state index is -0.943. The highest BCUT2D eigenvalue weighted by Crippen LogP contribution is 2.40. The van der Waals surface area contributed by atoms with Gasteiger partial charge in [-0.05, 0) is 25.0 Å². The quantitative estimate of drug-likeness (QED) is 0.867. The average Bonchev–Trinajstić information content (AvgIpc) is 2.32. The number of carbonyl (C=O) groups excluding carboxylic acids is 1. The maximum atomic E-state index is 13.4. The molecule has 0 saturated heterocycles. The molecule has 108 valence electrons. The Kier molecular flexibility index (Phi) is 4.01. The number of halogens is 2. The fraction of sp³-hybridized carbons (Fsp3) is 0.429. The highest BCUT2D eigenvalue weighted by atomic mass is 19.1. The van der Waals surface area contributed by atoms with Crippen molar-refractivity contribution in [3.63, 3.8) is 0 Å². The molecule has 1 aromatic rings. The van der Waals surface area contributed by atoms with Gasteiger partial charge >= 0.3 is 5.97 Å². The third-order valence-corrected chi connectivity index (χ3v) is 3.79. The number of hydrogen-bond acceptors (Lipinski definition) is 2. The summed E-state index contributed by atoms with van der Waals surface area (Å²) in [6.07, 6.45) is 1.39.